The van der Waals surface area contributed by atoms with Gasteiger partial charge in [-0.25, -0.2) is 0 Å². The van der Waals surface area contributed by atoms with E-state index in [1.54, 1.807) is 6.08 Å². The Morgan fingerprint density at radius 3 is 2.10 bits per heavy atom. The normalized spacial score (nSPS) is 17.1. The Morgan fingerprint density at radius 2 is 1.52 bits per heavy atom. The molecule has 2 N–H and O–H groups in total. The predicted molar refractivity (Wildman–Crippen MR) is 124 cm³/mol. The SMILES string of the molecule is C=CCNC(=O)C1(NCC(=O)N2c3ccccc3CCc3ccccc32)CCCCC1. The van der Waals surface area contributed by atoms with Crippen LogP contribution in [0.1, 0.15) is 43.2 Å². The molecule has 2 aromatic carbocycles. The Bertz CT molecular complexity index is 915. The largest absolute Gasteiger partial charge is 0.351 e. The van der Waals surface area contributed by atoms with Crippen LogP contribution in [0, 0.1) is 0 Å². The van der Waals surface area contributed by atoms with Gasteiger partial charge in [0, 0.05) is 6.54 Å². The highest BCUT2D eigenvalue weighted by Crippen LogP contribution is 2.36. The first-order valence-corrected chi connectivity index (χ1v) is 11.3. The van der Waals surface area contributed by atoms with Gasteiger partial charge < -0.3 is 5.32 Å². The number of carbonyl (C=O) groups is 2. The maximum absolute atomic E-state index is 13.6. The summed E-state index contributed by atoms with van der Waals surface area (Å²) in [4.78, 5) is 28.4. The third kappa shape index (κ3) is 4.42. The highest BCUT2D eigenvalue weighted by molar-refractivity contribution is 6.03. The number of rotatable bonds is 6. The number of hydrogen-bond acceptors (Lipinski definition) is 3. The quantitative estimate of drug-likeness (QED) is 0.697. The van der Waals surface area contributed by atoms with Crippen molar-refractivity contribution < 1.29 is 9.59 Å². The van der Waals surface area contributed by atoms with Crippen molar-refractivity contribution in [1.29, 1.82) is 0 Å². The Hall–Kier alpha value is -2.92. The zero-order valence-corrected chi connectivity index (χ0v) is 18.0. The molecule has 0 spiro atoms. The van der Waals surface area contributed by atoms with Crippen LogP contribution in [0.5, 0.6) is 0 Å². The summed E-state index contributed by atoms with van der Waals surface area (Å²) in [6, 6.07) is 16.2. The Balaban J connectivity index is 1.60. The fourth-order valence-electron chi connectivity index (χ4n) is 4.85. The number of nitrogens with zero attached hydrogens (tertiary/aromatic N) is 1. The van der Waals surface area contributed by atoms with Crippen molar-refractivity contribution in [2.75, 3.05) is 18.0 Å². The van der Waals surface area contributed by atoms with E-state index in [1.807, 2.05) is 41.3 Å². The summed E-state index contributed by atoms with van der Waals surface area (Å²) in [5.41, 5.74) is 3.52. The molecule has 31 heavy (non-hydrogen) atoms. The van der Waals surface area contributed by atoms with Crippen molar-refractivity contribution in [2.45, 2.75) is 50.5 Å². The average molecular weight is 418 g/mol. The van der Waals surface area contributed by atoms with Crippen LogP contribution in [0.15, 0.2) is 61.2 Å². The van der Waals surface area contributed by atoms with Crippen molar-refractivity contribution in [3.8, 4) is 0 Å². The topological polar surface area (TPSA) is 61.4 Å². The van der Waals surface area contributed by atoms with Crippen LogP contribution in [-0.2, 0) is 22.4 Å². The van der Waals surface area contributed by atoms with Crippen LogP contribution >= 0.6 is 0 Å². The Kier molecular flexibility index (Phi) is 6.52. The van der Waals surface area contributed by atoms with Gasteiger partial charge in [-0.3, -0.25) is 19.8 Å². The van der Waals surface area contributed by atoms with Crippen LogP contribution in [0.4, 0.5) is 11.4 Å². The van der Waals surface area contributed by atoms with E-state index in [4.69, 9.17) is 0 Å². The van der Waals surface area contributed by atoms with Crippen molar-refractivity contribution in [1.82, 2.24) is 10.6 Å². The van der Waals surface area contributed by atoms with E-state index in [1.165, 1.54) is 11.1 Å². The minimum Gasteiger partial charge on any atom is -0.351 e. The molecular formula is C26H31N3O2. The van der Waals surface area contributed by atoms with E-state index < -0.39 is 5.54 Å². The lowest BCUT2D eigenvalue weighted by Gasteiger charge is -2.37. The lowest BCUT2D eigenvalue weighted by atomic mass is 9.80. The van der Waals surface area contributed by atoms with E-state index in [9.17, 15) is 9.59 Å². The lowest BCUT2D eigenvalue weighted by Crippen LogP contribution is -2.59. The number of para-hydroxylation sites is 2. The van der Waals surface area contributed by atoms with Gasteiger partial charge in [0.15, 0.2) is 0 Å². The molecule has 2 aromatic rings. The Morgan fingerprint density at radius 1 is 0.935 bits per heavy atom. The minimum absolute atomic E-state index is 0.0310. The molecule has 162 valence electrons. The molecule has 0 radical (unpaired) electrons. The molecule has 0 atom stereocenters. The molecule has 0 aromatic heterocycles. The van der Waals surface area contributed by atoms with Gasteiger partial charge >= 0.3 is 0 Å². The van der Waals surface area contributed by atoms with Crippen LogP contribution in [0.25, 0.3) is 0 Å². The number of fused-ring (bicyclic) bond motifs is 2. The number of benzene rings is 2. The van der Waals surface area contributed by atoms with Crippen molar-refractivity contribution in [3.05, 3.63) is 72.3 Å². The van der Waals surface area contributed by atoms with Crippen molar-refractivity contribution in [3.63, 3.8) is 0 Å². The summed E-state index contributed by atoms with van der Waals surface area (Å²) < 4.78 is 0. The smallest absolute Gasteiger partial charge is 0.245 e. The molecule has 4 rings (SSSR count). The molecule has 1 aliphatic carbocycles. The van der Waals surface area contributed by atoms with E-state index in [-0.39, 0.29) is 18.4 Å². The monoisotopic (exact) mass is 417 g/mol. The fourth-order valence-corrected chi connectivity index (χ4v) is 4.85. The molecule has 0 saturated heterocycles. The third-order valence-corrected chi connectivity index (χ3v) is 6.50. The van der Waals surface area contributed by atoms with Crippen LogP contribution < -0.4 is 15.5 Å². The standard InChI is InChI=1S/C26H31N3O2/c1-2-18-27-25(31)26(16-8-3-9-17-26)28-19-24(30)29-22-12-6-4-10-20(22)14-15-21-11-5-7-13-23(21)29/h2,4-7,10-13,28H,1,3,8-9,14-19H2,(H,27,31). The van der Waals surface area contributed by atoms with Gasteiger partial charge in [-0.2, -0.15) is 0 Å². The molecule has 1 heterocycles. The molecule has 0 unspecified atom stereocenters. The van der Waals surface area contributed by atoms with Gasteiger partial charge in [0.1, 0.15) is 0 Å². The van der Waals surface area contributed by atoms with Gasteiger partial charge in [0.05, 0.1) is 23.5 Å². The van der Waals surface area contributed by atoms with Crippen LogP contribution in [0.2, 0.25) is 0 Å². The molecular weight excluding hydrogens is 386 g/mol. The number of amides is 2. The molecule has 5 heteroatoms. The summed E-state index contributed by atoms with van der Waals surface area (Å²) >= 11 is 0. The number of carbonyl (C=O) groups excluding carboxylic acids is 2. The van der Waals surface area contributed by atoms with E-state index >= 15 is 0 Å². The second kappa shape index (κ2) is 9.48. The van der Waals surface area contributed by atoms with Crippen LogP contribution in [-0.4, -0.2) is 30.4 Å². The number of nitrogens with one attached hydrogen (secondary N) is 2. The maximum atomic E-state index is 13.6. The number of anilines is 2. The molecule has 5 nitrogen and oxygen atoms in total. The van der Waals surface area contributed by atoms with Gasteiger partial charge in [-0.15, -0.1) is 6.58 Å². The van der Waals surface area contributed by atoms with Gasteiger partial charge in [0.2, 0.25) is 11.8 Å². The van der Waals surface area contributed by atoms with Crippen molar-refractivity contribution >= 4 is 23.2 Å². The van der Waals surface area contributed by atoms with E-state index in [0.29, 0.717) is 6.54 Å². The second-order valence-electron chi connectivity index (χ2n) is 8.48. The summed E-state index contributed by atoms with van der Waals surface area (Å²) in [5, 5.41) is 6.33. The zero-order valence-electron chi connectivity index (χ0n) is 18.0. The predicted octanol–water partition coefficient (Wildman–Crippen LogP) is 4.04. The number of aryl methyl sites for hydroxylation is 2. The average Bonchev–Trinajstić information content (AvgIpc) is 2.98. The van der Waals surface area contributed by atoms with Gasteiger partial charge in [-0.05, 0) is 48.9 Å². The maximum Gasteiger partial charge on any atom is 0.245 e. The molecule has 2 amide bonds. The molecule has 1 fully saturated rings. The van der Waals surface area contributed by atoms with E-state index in [0.717, 1.165) is 56.3 Å². The molecule has 1 saturated carbocycles. The summed E-state index contributed by atoms with van der Waals surface area (Å²) in [6.45, 7) is 4.24. The van der Waals surface area contributed by atoms with E-state index in [2.05, 4.69) is 29.3 Å². The zero-order chi connectivity index (χ0) is 21.7. The third-order valence-electron chi connectivity index (χ3n) is 6.50. The van der Waals surface area contributed by atoms with Crippen molar-refractivity contribution in [2.24, 2.45) is 0 Å². The van der Waals surface area contributed by atoms with Gasteiger partial charge in [0.25, 0.3) is 0 Å². The summed E-state index contributed by atoms with van der Waals surface area (Å²) in [6.07, 6.45) is 8.07. The summed E-state index contributed by atoms with van der Waals surface area (Å²) in [7, 11) is 0. The second-order valence-corrected chi connectivity index (χ2v) is 8.48. The molecule has 1 aliphatic heterocycles. The van der Waals surface area contributed by atoms with Crippen LogP contribution in [0.3, 0.4) is 0 Å². The summed E-state index contributed by atoms with van der Waals surface area (Å²) in [5.74, 6) is -0.0696. The van der Waals surface area contributed by atoms with Gasteiger partial charge in [-0.1, -0.05) is 61.7 Å². The fraction of sp³-hybridized carbons (Fsp3) is 0.385. The Labute approximate surface area is 184 Å². The minimum atomic E-state index is -0.693. The first-order chi connectivity index (χ1) is 15.1. The lowest BCUT2D eigenvalue weighted by molar-refractivity contribution is -0.129. The highest BCUT2D eigenvalue weighted by Gasteiger charge is 2.39. The first-order valence-electron chi connectivity index (χ1n) is 11.3. The number of hydrogen-bond donors (Lipinski definition) is 2. The molecule has 2 aliphatic rings. The molecule has 0 bridgehead atoms. The first kappa shape index (κ1) is 21.3. The highest BCUT2D eigenvalue weighted by atomic mass is 16.2.